The van der Waals surface area contributed by atoms with E-state index in [9.17, 15) is 10.1 Å². The van der Waals surface area contributed by atoms with Crippen LogP contribution in [0.4, 0.5) is 10.1 Å². The number of benzene rings is 1. The summed E-state index contributed by atoms with van der Waals surface area (Å²) in [5, 5.41) is 12.3. The van der Waals surface area contributed by atoms with Crippen LogP contribution in [0.25, 0.3) is 0 Å². The molecular weight excluding hydrogens is 415 g/mol. The van der Waals surface area contributed by atoms with Crippen LogP contribution in [0.5, 0.6) is 5.88 Å². The van der Waals surface area contributed by atoms with Crippen molar-refractivity contribution in [3.8, 4) is 11.9 Å². The van der Waals surface area contributed by atoms with Gasteiger partial charge in [-0.05, 0) is 38.5 Å². The number of carbonyl (C=O) groups is 1. The van der Waals surface area contributed by atoms with Gasteiger partial charge in [-0.3, -0.25) is 9.79 Å². The molecule has 1 fully saturated rings. The van der Waals surface area contributed by atoms with Crippen LogP contribution in [0.3, 0.4) is 0 Å². The Bertz CT molecular complexity index is 1130. The highest BCUT2D eigenvalue weighted by atomic mass is 19.1. The quantitative estimate of drug-likeness (QED) is 0.748. The van der Waals surface area contributed by atoms with Gasteiger partial charge in [-0.25, -0.2) is 14.4 Å². The highest BCUT2D eigenvalue weighted by Gasteiger charge is 2.57. The second-order valence-corrected chi connectivity index (χ2v) is 8.28. The predicted molar refractivity (Wildman–Crippen MR) is 113 cm³/mol. The van der Waals surface area contributed by atoms with Crippen LogP contribution in [-0.4, -0.2) is 41.5 Å². The number of ether oxygens (including phenoxy) is 2. The molecule has 32 heavy (non-hydrogen) atoms. The molecule has 2 aliphatic rings. The number of aromatic nitrogens is 2. The number of nitrogens with zero attached hydrogens (tertiary/aromatic N) is 4. The summed E-state index contributed by atoms with van der Waals surface area (Å²) in [7, 11) is 1.45. The average Bonchev–Trinajstić information content (AvgIpc) is 3.11. The van der Waals surface area contributed by atoms with Crippen LogP contribution in [0, 0.1) is 28.5 Å². The van der Waals surface area contributed by atoms with E-state index in [0.29, 0.717) is 12.1 Å². The third-order valence-electron chi connectivity index (χ3n) is 6.27. The van der Waals surface area contributed by atoms with Gasteiger partial charge < -0.3 is 20.5 Å². The van der Waals surface area contributed by atoms with Crippen molar-refractivity contribution in [1.29, 1.82) is 5.26 Å². The molecule has 0 radical (unpaired) electrons. The van der Waals surface area contributed by atoms with Gasteiger partial charge in [0.15, 0.2) is 0 Å². The molecule has 4 rings (SSSR count). The van der Waals surface area contributed by atoms with E-state index in [-0.39, 0.29) is 41.6 Å². The third-order valence-corrected chi connectivity index (χ3v) is 6.27. The van der Waals surface area contributed by atoms with E-state index >= 15 is 4.39 Å². The Labute approximate surface area is 184 Å². The van der Waals surface area contributed by atoms with Gasteiger partial charge in [0.05, 0.1) is 38.3 Å². The number of anilines is 1. The standard InChI is InChI=1S/C22H23FN6O3/c1-12-15-7-21(2,10-24)20(25)29-22(15,11-32-12)14-6-13(4-5-16(14)23)28-19(30)17-8-27-18(31-3)9-26-17/h4-6,8-9,12,15H,7,11H2,1-3H3,(H2,25,29)(H,28,30)/t12-,15-,21+,22-/m1/s1. The molecule has 9 nitrogen and oxygen atoms in total. The number of nitrogens with two attached hydrogens (primary N) is 1. The molecular formula is C22H23FN6O3. The smallest absolute Gasteiger partial charge is 0.275 e. The molecule has 2 aromatic rings. The zero-order valence-electron chi connectivity index (χ0n) is 17.9. The second-order valence-electron chi connectivity index (χ2n) is 8.28. The Balaban J connectivity index is 1.70. The number of nitrogens with one attached hydrogen (secondary N) is 1. The Kier molecular flexibility index (Phi) is 5.30. The fraction of sp³-hybridized carbons (Fsp3) is 0.409. The minimum Gasteiger partial charge on any atom is -0.480 e. The maximum Gasteiger partial charge on any atom is 0.275 e. The van der Waals surface area contributed by atoms with Crippen molar-refractivity contribution >= 4 is 17.4 Å². The van der Waals surface area contributed by atoms with E-state index in [2.05, 4.69) is 26.3 Å². The molecule has 0 unspecified atom stereocenters. The van der Waals surface area contributed by atoms with Crippen LogP contribution in [0.1, 0.15) is 36.3 Å². The zero-order chi connectivity index (χ0) is 23.1. The third kappa shape index (κ3) is 3.44. The van der Waals surface area contributed by atoms with Gasteiger partial charge in [0, 0.05) is 17.2 Å². The minimum absolute atomic E-state index is 0.0789. The maximum atomic E-state index is 15.1. The first-order chi connectivity index (χ1) is 15.2. The summed E-state index contributed by atoms with van der Waals surface area (Å²) in [6.45, 7) is 3.73. The first-order valence-electron chi connectivity index (χ1n) is 10.1. The largest absolute Gasteiger partial charge is 0.480 e. The van der Waals surface area contributed by atoms with Gasteiger partial charge in [-0.2, -0.15) is 5.26 Å². The van der Waals surface area contributed by atoms with Crippen LogP contribution in [0.15, 0.2) is 35.6 Å². The summed E-state index contributed by atoms with van der Waals surface area (Å²) in [5.41, 5.74) is 4.84. The van der Waals surface area contributed by atoms with Gasteiger partial charge in [-0.1, -0.05) is 0 Å². The normalized spacial score (nSPS) is 28.9. The van der Waals surface area contributed by atoms with Gasteiger partial charge in [0.25, 0.3) is 5.91 Å². The highest BCUT2D eigenvalue weighted by molar-refractivity contribution is 6.02. The van der Waals surface area contributed by atoms with E-state index in [1.165, 1.54) is 37.7 Å². The summed E-state index contributed by atoms with van der Waals surface area (Å²) < 4.78 is 25.9. The summed E-state index contributed by atoms with van der Waals surface area (Å²) >= 11 is 0. The highest BCUT2D eigenvalue weighted by Crippen LogP contribution is 2.52. The zero-order valence-corrected chi connectivity index (χ0v) is 17.9. The van der Waals surface area contributed by atoms with Crippen molar-refractivity contribution in [2.45, 2.75) is 31.9 Å². The molecule has 3 N–H and O–H groups in total. The molecule has 1 aromatic carbocycles. The lowest BCUT2D eigenvalue weighted by molar-refractivity contribution is 0.0995. The molecule has 0 spiro atoms. The SMILES string of the molecule is COc1cnc(C(=O)Nc2ccc(F)c([C@]34CO[C@H](C)[C@H]3C[C@@](C)(C#N)C(N)=N4)c2)cn1. The van der Waals surface area contributed by atoms with Crippen molar-refractivity contribution in [1.82, 2.24) is 9.97 Å². The molecule has 0 bridgehead atoms. The number of rotatable bonds is 4. The summed E-state index contributed by atoms with van der Waals surface area (Å²) in [4.78, 5) is 25.2. The fourth-order valence-corrected chi connectivity index (χ4v) is 4.31. The molecule has 1 saturated heterocycles. The average molecular weight is 438 g/mol. The Morgan fingerprint density at radius 3 is 2.84 bits per heavy atom. The van der Waals surface area contributed by atoms with Crippen molar-refractivity contribution in [3.05, 3.63) is 47.7 Å². The van der Waals surface area contributed by atoms with Crippen molar-refractivity contribution in [3.63, 3.8) is 0 Å². The van der Waals surface area contributed by atoms with Gasteiger partial charge in [-0.15, -0.1) is 0 Å². The molecule has 4 atom stereocenters. The number of amidine groups is 1. The lowest BCUT2D eigenvalue weighted by Crippen LogP contribution is -2.49. The van der Waals surface area contributed by atoms with E-state index in [4.69, 9.17) is 15.2 Å². The van der Waals surface area contributed by atoms with Crippen LogP contribution in [-0.2, 0) is 10.3 Å². The number of amides is 1. The molecule has 0 saturated carbocycles. The van der Waals surface area contributed by atoms with E-state index in [0.717, 1.165) is 0 Å². The molecule has 3 heterocycles. The summed E-state index contributed by atoms with van der Waals surface area (Å²) in [6, 6.07) is 6.48. The molecule has 2 aliphatic heterocycles. The fourth-order valence-electron chi connectivity index (χ4n) is 4.31. The maximum absolute atomic E-state index is 15.1. The molecule has 1 amide bonds. The number of methoxy groups -OCH3 is 1. The van der Waals surface area contributed by atoms with Gasteiger partial charge >= 0.3 is 0 Å². The van der Waals surface area contributed by atoms with E-state index in [1.807, 2.05) is 6.92 Å². The van der Waals surface area contributed by atoms with Crippen molar-refractivity contribution < 1.29 is 18.7 Å². The van der Waals surface area contributed by atoms with Crippen LogP contribution < -0.4 is 15.8 Å². The summed E-state index contributed by atoms with van der Waals surface area (Å²) in [6.07, 6.45) is 2.76. The number of aliphatic imine (C=N–C) groups is 1. The molecule has 10 heteroatoms. The number of nitriles is 1. The number of hydrogen-bond donors (Lipinski definition) is 2. The first-order valence-corrected chi connectivity index (χ1v) is 10.1. The number of fused-ring (bicyclic) bond motifs is 1. The predicted octanol–water partition coefficient (Wildman–Crippen LogP) is 2.40. The van der Waals surface area contributed by atoms with Crippen LogP contribution in [0.2, 0.25) is 0 Å². The molecule has 0 aliphatic carbocycles. The number of carbonyl (C=O) groups excluding carboxylic acids is 1. The Morgan fingerprint density at radius 2 is 2.19 bits per heavy atom. The Hall–Kier alpha value is -3.58. The topological polar surface area (TPSA) is 136 Å². The molecule has 1 aromatic heterocycles. The van der Waals surface area contributed by atoms with Gasteiger partial charge in [0.1, 0.15) is 28.3 Å². The van der Waals surface area contributed by atoms with Crippen molar-refractivity contribution in [2.75, 3.05) is 19.0 Å². The monoisotopic (exact) mass is 438 g/mol. The molecule has 166 valence electrons. The first kappa shape index (κ1) is 21.6. The lowest BCUT2D eigenvalue weighted by atomic mass is 9.67. The van der Waals surface area contributed by atoms with Gasteiger partial charge in [0.2, 0.25) is 5.88 Å². The lowest BCUT2D eigenvalue weighted by Gasteiger charge is -2.41. The van der Waals surface area contributed by atoms with Crippen molar-refractivity contribution in [2.24, 2.45) is 22.1 Å². The van der Waals surface area contributed by atoms with E-state index in [1.54, 1.807) is 6.92 Å². The summed E-state index contributed by atoms with van der Waals surface area (Å²) in [5.74, 6) is -0.828. The second kappa shape index (κ2) is 7.84. The van der Waals surface area contributed by atoms with Crippen LogP contribution >= 0.6 is 0 Å². The minimum atomic E-state index is -1.08. The number of hydrogen-bond acceptors (Lipinski definition) is 8. The van der Waals surface area contributed by atoms with E-state index < -0.39 is 22.7 Å². The number of halogens is 1. The Morgan fingerprint density at radius 1 is 1.41 bits per heavy atom.